The van der Waals surface area contributed by atoms with E-state index in [0.29, 0.717) is 42.6 Å². The Balaban J connectivity index is 1.55. The molecule has 42 heavy (non-hydrogen) atoms. The molecule has 0 bridgehead atoms. The van der Waals surface area contributed by atoms with E-state index in [1.165, 1.54) is 20.9 Å². The number of nitrogens with zero attached hydrogens (tertiary/aromatic N) is 4. The first-order valence-electron chi connectivity index (χ1n) is 13.4. The van der Waals surface area contributed by atoms with E-state index in [2.05, 4.69) is 5.10 Å². The minimum atomic E-state index is -0.829. The zero-order chi connectivity index (χ0) is 29.4. The summed E-state index contributed by atoms with van der Waals surface area (Å²) in [4.78, 5) is 46.3. The molecule has 210 valence electrons. The third-order valence-electron chi connectivity index (χ3n) is 7.06. The maximum absolute atomic E-state index is 14.1. The average molecular weight is 597 g/mol. The van der Waals surface area contributed by atoms with Crippen molar-refractivity contribution in [1.29, 1.82) is 0 Å². The number of hydrogen-bond donors (Lipinski definition) is 0. The van der Waals surface area contributed by atoms with Crippen molar-refractivity contribution in [3.05, 3.63) is 126 Å². The molecule has 3 aromatic carbocycles. The number of para-hydroxylation sites is 1. The molecule has 6 rings (SSSR count). The van der Waals surface area contributed by atoms with Crippen molar-refractivity contribution in [2.45, 2.75) is 19.9 Å². The van der Waals surface area contributed by atoms with Crippen LogP contribution in [0, 0.1) is 5.92 Å². The summed E-state index contributed by atoms with van der Waals surface area (Å²) in [5.41, 5.74) is 2.90. The van der Waals surface area contributed by atoms with E-state index < -0.39 is 17.9 Å². The molecule has 1 aromatic heterocycles. The van der Waals surface area contributed by atoms with Gasteiger partial charge in [0.1, 0.15) is 5.92 Å². The molecular formula is C32H25ClN4O4S. The maximum Gasteiger partial charge on any atom is 0.338 e. The molecule has 2 aliphatic heterocycles. The third kappa shape index (κ3) is 4.91. The molecule has 0 saturated heterocycles. The van der Waals surface area contributed by atoms with Gasteiger partial charge >= 0.3 is 5.97 Å². The summed E-state index contributed by atoms with van der Waals surface area (Å²) in [6.07, 6.45) is 1.64. The average Bonchev–Trinajstić information content (AvgIpc) is 3.48. The Kier molecular flexibility index (Phi) is 7.45. The molecular weight excluding hydrogens is 572 g/mol. The first-order valence-corrected chi connectivity index (χ1v) is 14.5. The number of aromatic nitrogens is 1. The van der Waals surface area contributed by atoms with Gasteiger partial charge in [-0.05, 0) is 49.8 Å². The number of anilines is 1. The molecule has 0 fully saturated rings. The van der Waals surface area contributed by atoms with Crippen molar-refractivity contribution in [3.8, 4) is 0 Å². The van der Waals surface area contributed by atoms with Crippen molar-refractivity contribution in [2.24, 2.45) is 16.0 Å². The van der Waals surface area contributed by atoms with Gasteiger partial charge in [0.25, 0.3) is 11.5 Å². The van der Waals surface area contributed by atoms with Crippen molar-refractivity contribution >= 4 is 58.0 Å². The number of halogens is 1. The van der Waals surface area contributed by atoms with Crippen LogP contribution in [0.15, 0.2) is 105 Å². The van der Waals surface area contributed by atoms with Gasteiger partial charge in [0.2, 0.25) is 0 Å². The normalized spacial score (nSPS) is 18.5. The highest BCUT2D eigenvalue weighted by Crippen LogP contribution is 2.35. The summed E-state index contributed by atoms with van der Waals surface area (Å²) in [6, 6.07) is 24.6. The topological polar surface area (TPSA) is 93.3 Å². The van der Waals surface area contributed by atoms with Crippen LogP contribution in [0.5, 0.6) is 0 Å². The lowest BCUT2D eigenvalue weighted by molar-refractivity contribution is -0.138. The summed E-state index contributed by atoms with van der Waals surface area (Å²) in [6.45, 7) is 3.65. The maximum atomic E-state index is 14.1. The molecule has 0 spiro atoms. The lowest BCUT2D eigenvalue weighted by atomic mass is 9.93. The van der Waals surface area contributed by atoms with E-state index >= 15 is 0 Å². The van der Waals surface area contributed by atoms with Gasteiger partial charge in [-0.3, -0.25) is 14.2 Å². The number of fused-ring (bicyclic) bond motifs is 1. The van der Waals surface area contributed by atoms with Gasteiger partial charge in [0, 0.05) is 10.6 Å². The highest BCUT2D eigenvalue weighted by Gasteiger charge is 2.36. The molecule has 4 aromatic rings. The minimum absolute atomic E-state index is 0.155. The molecule has 0 radical (unpaired) electrons. The Morgan fingerprint density at radius 1 is 1.00 bits per heavy atom. The summed E-state index contributed by atoms with van der Waals surface area (Å²) >= 11 is 7.36. The number of ether oxygens (including phenoxy) is 1. The Morgan fingerprint density at radius 3 is 2.33 bits per heavy atom. The minimum Gasteiger partial charge on any atom is -0.463 e. The number of esters is 1. The van der Waals surface area contributed by atoms with E-state index in [1.807, 2.05) is 48.5 Å². The van der Waals surface area contributed by atoms with Gasteiger partial charge in [-0.15, -0.1) is 0 Å². The number of rotatable bonds is 6. The van der Waals surface area contributed by atoms with E-state index in [0.717, 1.165) is 0 Å². The van der Waals surface area contributed by atoms with Crippen LogP contribution >= 0.6 is 22.9 Å². The Labute approximate surface area is 250 Å². The van der Waals surface area contributed by atoms with Crippen molar-refractivity contribution < 1.29 is 14.3 Å². The van der Waals surface area contributed by atoms with Gasteiger partial charge in [0.05, 0.1) is 39.9 Å². The SMILES string of the molecule is CCOC(=O)C1=C(c2ccccc2)N=c2s/c(=C/[C@H]3C(=O)N(c4ccccc4)N=C3C)c(=O)n2[C@@H]1c1ccc(Cl)cc1. The van der Waals surface area contributed by atoms with E-state index in [4.69, 9.17) is 21.3 Å². The monoisotopic (exact) mass is 596 g/mol. The molecule has 2 aliphatic rings. The van der Waals surface area contributed by atoms with Crippen molar-refractivity contribution in [3.63, 3.8) is 0 Å². The predicted octanol–water partition coefficient (Wildman–Crippen LogP) is 4.58. The van der Waals surface area contributed by atoms with Gasteiger partial charge in [-0.1, -0.05) is 83.6 Å². The van der Waals surface area contributed by atoms with E-state index in [9.17, 15) is 14.4 Å². The van der Waals surface area contributed by atoms with Gasteiger partial charge in [-0.2, -0.15) is 10.1 Å². The zero-order valence-corrected chi connectivity index (χ0v) is 24.3. The lowest BCUT2D eigenvalue weighted by Crippen LogP contribution is -2.40. The van der Waals surface area contributed by atoms with Crippen LogP contribution in [-0.2, 0) is 14.3 Å². The third-order valence-corrected chi connectivity index (χ3v) is 8.31. The highest BCUT2D eigenvalue weighted by molar-refractivity contribution is 7.07. The van der Waals surface area contributed by atoms with Gasteiger partial charge in [0.15, 0.2) is 4.80 Å². The molecule has 0 saturated carbocycles. The molecule has 3 heterocycles. The first kappa shape index (κ1) is 27.6. The fraction of sp³-hybridized carbons (Fsp3) is 0.156. The van der Waals surface area contributed by atoms with Gasteiger partial charge < -0.3 is 4.74 Å². The molecule has 2 atom stereocenters. The van der Waals surface area contributed by atoms with E-state index in [-0.39, 0.29) is 23.6 Å². The lowest BCUT2D eigenvalue weighted by Gasteiger charge is -2.26. The summed E-state index contributed by atoms with van der Waals surface area (Å²) < 4.78 is 7.32. The number of hydrazone groups is 1. The first-order chi connectivity index (χ1) is 20.4. The van der Waals surface area contributed by atoms with Crippen LogP contribution in [-0.4, -0.2) is 28.8 Å². The van der Waals surface area contributed by atoms with E-state index in [1.54, 1.807) is 56.3 Å². The Hall–Kier alpha value is -4.60. The smallest absolute Gasteiger partial charge is 0.338 e. The standard InChI is InChI=1S/C32H25ClN4O4S/c1-3-41-31(40)26-27(20-10-6-4-7-11-20)34-32-36(28(26)21-14-16-22(33)17-15-21)30(39)25(42-32)18-24-19(2)35-37(29(24)38)23-12-8-5-9-13-23/h4-18,24,28H,3H2,1-2H3/b25-18+/t24-,28-/m1/s1. The van der Waals surface area contributed by atoms with Crippen LogP contribution in [0.3, 0.4) is 0 Å². The number of amides is 1. The van der Waals surface area contributed by atoms with Gasteiger partial charge in [-0.25, -0.2) is 9.79 Å². The summed E-state index contributed by atoms with van der Waals surface area (Å²) in [5.74, 6) is -1.54. The van der Waals surface area contributed by atoms with Crippen molar-refractivity contribution in [2.75, 3.05) is 11.6 Å². The van der Waals surface area contributed by atoms with Crippen LogP contribution in [0.4, 0.5) is 5.69 Å². The van der Waals surface area contributed by atoms with Crippen LogP contribution in [0.2, 0.25) is 5.02 Å². The highest BCUT2D eigenvalue weighted by atomic mass is 35.5. The fourth-order valence-electron chi connectivity index (χ4n) is 5.09. The predicted molar refractivity (Wildman–Crippen MR) is 164 cm³/mol. The second-order valence-electron chi connectivity index (χ2n) is 9.71. The number of hydrogen-bond acceptors (Lipinski definition) is 7. The number of carbonyl (C=O) groups is 2. The van der Waals surface area contributed by atoms with Crippen LogP contribution in [0.25, 0.3) is 11.8 Å². The Morgan fingerprint density at radius 2 is 1.67 bits per heavy atom. The Bertz CT molecular complexity index is 1930. The van der Waals surface area contributed by atoms with Crippen molar-refractivity contribution in [1.82, 2.24) is 4.57 Å². The van der Waals surface area contributed by atoms with Crippen LogP contribution < -0.4 is 19.9 Å². The summed E-state index contributed by atoms with van der Waals surface area (Å²) in [5, 5.41) is 6.35. The molecule has 10 heteroatoms. The summed E-state index contributed by atoms with van der Waals surface area (Å²) in [7, 11) is 0. The van der Waals surface area contributed by atoms with Crippen LogP contribution in [0.1, 0.15) is 31.0 Å². The molecule has 0 aliphatic carbocycles. The fourth-order valence-corrected chi connectivity index (χ4v) is 6.23. The molecule has 0 N–H and O–H groups in total. The number of benzene rings is 3. The largest absolute Gasteiger partial charge is 0.463 e. The second-order valence-corrected chi connectivity index (χ2v) is 11.2. The molecule has 0 unspecified atom stereocenters. The molecule has 8 nitrogen and oxygen atoms in total. The zero-order valence-electron chi connectivity index (χ0n) is 22.7. The number of thiazole rings is 1. The molecule has 1 amide bonds. The number of carbonyl (C=O) groups excluding carboxylic acids is 2. The second kappa shape index (κ2) is 11.3. The quantitative estimate of drug-likeness (QED) is 0.305.